The molecule has 27 heavy (non-hydrogen) atoms. The highest BCUT2D eigenvalue weighted by molar-refractivity contribution is 5.85. The number of piperidine rings is 1. The Morgan fingerprint density at radius 3 is 2.67 bits per heavy atom. The van der Waals surface area contributed by atoms with Crippen molar-refractivity contribution in [3.63, 3.8) is 0 Å². The molecule has 6 heteroatoms. The molecular weight excluding hydrogens is 362 g/mol. The average molecular weight is 396 g/mol. The molecule has 1 aromatic rings. The van der Waals surface area contributed by atoms with E-state index in [-0.39, 0.29) is 29.8 Å². The molecule has 1 atom stereocenters. The van der Waals surface area contributed by atoms with E-state index in [0.29, 0.717) is 19.2 Å². The quantitative estimate of drug-likeness (QED) is 0.776. The highest BCUT2D eigenvalue weighted by Crippen LogP contribution is 2.28. The minimum atomic E-state index is 0. The van der Waals surface area contributed by atoms with E-state index in [1.54, 1.807) is 0 Å². The van der Waals surface area contributed by atoms with E-state index < -0.39 is 0 Å². The van der Waals surface area contributed by atoms with E-state index in [0.717, 1.165) is 43.7 Å². The number of likely N-dealkylation sites (tertiary alicyclic amines) is 1. The Balaban J connectivity index is 0.00000261. The number of amides is 1. The Hall–Kier alpha value is -1.30. The summed E-state index contributed by atoms with van der Waals surface area (Å²) in [6.07, 6.45) is 6.03. The number of para-hydroxylation sites is 1. The van der Waals surface area contributed by atoms with Gasteiger partial charge in [-0.25, -0.2) is 0 Å². The molecule has 1 unspecified atom stereocenters. The summed E-state index contributed by atoms with van der Waals surface area (Å²) in [5, 5.41) is 3.06. The number of ether oxygens (including phenoxy) is 1. The maximum Gasteiger partial charge on any atom is 0.234 e. The first-order valence-corrected chi connectivity index (χ1v) is 9.93. The molecule has 2 aliphatic rings. The zero-order chi connectivity index (χ0) is 18.6. The number of nitrogens with zero attached hydrogens (tertiary/aromatic N) is 1. The molecule has 0 bridgehead atoms. The third-order valence-electron chi connectivity index (χ3n) is 5.80. The molecule has 1 aliphatic carbocycles. The van der Waals surface area contributed by atoms with Crippen molar-refractivity contribution in [2.75, 3.05) is 19.6 Å². The van der Waals surface area contributed by atoms with Crippen molar-refractivity contribution in [2.45, 2.75) is 64.6 Å². The fourth-order valence-electron chi connectivity index (χ4n) is 4.02. The van der Waals surface area contributed by atoms with E-state index in [1.807, 2.05) is 24.3 Å². The van der Waals surface area contributed by atoms with Crippen molar-refractivity contribution >= 4 is 18.3 Å². The highest BCUT2D eigenvalue weighted by Gasteiger charge is 2.33. The summed E-state index contributed by atoms with van der Waals surface area (Å²) in [6.45, 7) is 7.05. The summed E-state index contributed by atoms with van der Waals surface area (Å²) in [4.78, 5) is 14.6. The Morgan fingerprint density at radius 2 is 1.96 bits per heavy atom. The molecule has 2 fully saturated rings. The second-order valence-electron chi connectivity index (χ2n) is 8.50. The minimum absolute atomic E-state index is 0. The van der Waals surface area contributed by atoms with Crippen molar-refractivity contribution in [1.82, 2.24) is 10.2 Å². The first-order chi connectivity index (χ1) is 12.4. The molecule has 5 nitrogen and oxygen atoms in total. The average Bonchev–Trinajstić information content (AvgIpc) is 3.10. The SMILES string of the molecule is CC1(C)CN(CC(=O)NCc2ccccc2OC2CCCC2)CCC1N.Cl. The maximum atomic E-state index is 12.4. The van der Waals surface area contributed by atoms with Gasteiger partial charge in [-0.2, -0.15) is 0 Å². The summed E-state index contributed by atoms with van der Waals surface area (Å²) in [6, 6.07) is 8.25. The van der Waals surface area contributed by atoms with E-state index in [1.165, 1.54) is 12.8 Å². The highest BCUT2D eigenvalue weighted by atomic mass is 35.5. The molecule has 3 N–H and O–H groups in total. The number of carbonyl (C=O) groups is 1. The van der Waals surface area contributed by atoms with Crippen LogP contribution in [0.3, 0.4) is 0 Å². The predicted molar refractivity (Wildman–Crippen MR) is 111 cm³/mol. The fourth-order valence-corrected chi connectivity index (χ4v) is 4.02. The standard InChI is InChI=1S/C21H33N3O2.ClH/c1-21(2)15-24(12-11-19(21)22)14-20(25)23-13-16-7-3-6-10-18(16)26-17-8-4-5-9-17;/h3,6-7,10,17,19H,4-5,8-9,11-15,22H2,1-2H3,(H,23,25);1H. The molecule has 1 heterocycles. The molecule has 3 rings (SSSR count). The number of nitrogens with one attached hydrogen (secondary N) is 1. The number of hydrogen-bond acceptors (Lipinski definition) is 4. The number of benzene rings is 1. The summed E-state index contributed by atoms with van der Waals surface area (Å²) in [7, 11) is 0. The van der Waals surface area contributed by atoms with Gasteiger partial charge in [0.05, 0.1) is 12.6 Å². The number of rotatable bonds is 6. The second kappa shape index (κ2) is 9.76. The van der Waals surface area contributed by atoms with E-state index in [9.17, 15) is 4.79 Å². The first-order valence-electron chi connectivity index (χ1n) is 9.93. The van der Waals surface area contributed by atoms with Gasteiger partial charge >= 0.3 is 0 Å². The molecule has 0 aromatic heterocycles. The van der Waals surface area contributed by atoms with Crippen LogP contribution in [0.1, 0.15) is 51.5 Å². The lowest BCUT2D eigenvalue weighted by Gasteiger charge is -2.42. The van der Waals surface area contributed by atoms with E-state index in [2.05, 4.69) is 24.1 Å². The summed E-state index contributed by atoms with van der Waals surface area (Å²) in [5.74, 6) is 0.969. The van der Waals surface area contributed by atoms with Crippen molar-refractivity contribution in [3.05, 3.63) is 29.8 Å². The van der Waals surface area contributed by atoms with Crippen molar-refractivity contribution < 1.29 is 9.53 Å². The van der Waals surface area contributed by atoms with Gasteiger partial charge in [-0.05, 0) is 43.6 Å². The first kappa shape index (κ1) is 22.0. The van der Waals surface area contributed by atoms with Gasteiger partial charge < -0.3 is 15.8 Å². The number of hydrogen-bond donors (Lipinski definition) is 2. The van der Waals surface area contributed by atoms with Crippen LogP contribution in [0.4, 0.5) is 0 Å². The monoisotopic (exact) mass is 395 g/mol. The van der Waals surface area contributed by atoms with Gasteiger partial charge in [-0.15, -0.1) is 12.4 Å². The molecule has 1 aromatic carbocycles. The normalized spacial score (nSPS) is 22.9. The topological polar surface area (TPSA) is 67.6 Å². The zero-order valence-electron chi connectivity index (χ0n) is 16.6. The summed E-state index contributed by atoms with van der Waals surface area (Å²) in [5.41, 5.74) is 7.29. The third-order valence-corrected chi connectivity index (χ3v) is 5.80. The van der Waals surface area contributed by atoms with Crippen LogP contribution in [-0.4, -0.2) is 42.6 Å². The molecule has 1 amide bonds. The Bertz CT molecular complexity index is 617. The smallest absolute Gasteiger partial charge is 0.234 e. The third kappa shape index (κ3) is 6.09. The summed E-state index contributed by atoms with van der Waals surface area (Å²) >= 11 is 0. The molecule has 152 valence electrons. The Labute approximate surface area is 169 Å². The van der Waals surface area contributed by atoms with Crippen molar-refractivity contribution in [1.29, 1.82) is 0 Å². The molecule has 1 saturated heterocycles. The second-order valence-corrected chi connectivity index (χ2v) is 8.50. The van der Waals surface area contributed by atoms with Gasteiger partial charge in [0.15, 0.2) is 0 Å². The predicted octanol–water partition coefficient (Wildman–Crippen LogP) is 3.11. The van der Waals surface area contributed by atoms with Crippen LogP contribution in [-0.2, 0) is 11.3 Å². The molecular formula is C21H34ClN3O2. The van der Waals surface area contributed by atoms with E-state index >= 15 is 0 Å². The molecule has 1 saturated carbocycles. The largest absolute Gasteiger partial charge is 0.490 e. The van der Waals surface area contributed by atoms with Crippen LogP contribution in [0.15, 0.2) is 24.3 Å². The van der Waals surface area contributed by atoms with Crippen LogP contribution in [0.25, 0.3) is 0 Å². The molecule has 0 radical (unpaired) electrons. The van der Waals surface area contributed by atoms with Gasteiger partial charge in [0, 0.05) is 31.2 Å². The lowest BCUT2D eigenvalue weighted by Crippen LogP contribution is -2.54. The number of halogens is 1. The lowest BCUT2D eigenvalue weighted by molar-refractivity contribution is -0.123. The molecule has 0 spiro atoms. The van der Waals surface area contributed by atoms with Gasteiger partial charge in [-0.3, -0.25) is 9.69 Å². The van der Waals surface area contributed by atoms with E-state index in [4.69, 9.17) is 10.5 Å². The van der Waals surface area contributed by atoms with Gasteiger partial charge in [0.2, 0.25) is 5.91 Å². The van der Waals surface area contributed by atoms with Crippen molar-refractivity contribution in [3.8, 4) is 5.75 Å². The van der Waals surface area contributed by atoms with Crippen LogP contribution in [0.5, 0.6) is 5.75 Å². The van der Waals surface area contributed by atoms with Crippen LogP contribution in [0, 0.1) is 5.41 Å². The van der Waals surface area contributed by atoms with Crippen LogP contribution < -0.4 is 15.8 Å². The number of nitrogens with two attached hydrogens (primary N) is 1. The van der Waals surface area contributed by atoms with Gasteiger partial charge in [0.25, 0.3) is 0 Å². The zero-order valence-corrected chi connectivity index (χ0v) is 17.4. The Kier molecular flexibility index (Phi) is 7.95. The Morgan fingerprint density at radius 1 is 1.26 bits per heavy atom. The van der Waals surface area contributed by atoms with Crippen LogP contribution >= 0.6 is 12.4 Å². The van der Waals surface area contributed by atoms with Gasteiger partial charge in [-0.1, -0.05) is 32.0 Å². The minimum Gasteiger partial charge on any atom is -0.490 e. The fraction of sp³-hybridized carbons (Fsp3) is 0.667. The molecule has 1 aliphatic heterocycles. The van der Waals surface area contributed by atoms with Crippen LogP contribution in [0.2, 0.25) is 0 Å². The lowest BCUT2D eigenvalue weighted by atomic mass is 9.80. The number of carbonyl (C=O) groups excluding carboxylic acids is 1. The van der Waals surface area contributed by atoms with Crippen molar-refractivity contribution in [2.24, 2.45) is 11.1 Å². The van der Waals surface area contributed by atoms with Gasteiger partial charge in [0.1, 0.15) is 5.75 Å². The summed E-state index contributed by atoms with van der Waals surface area (Å²) < 4.78 is 6.15. The maximum absolute atomic E-state index is 12.4.